The van der Waals surface area contributed by atoms with E-state index in [-0.39, 0.29) is 29.7 Å². The molecule has 0 spiro atoms. The summed E-state index contributed by atoms with van der Waals surface area (Å²) in [5.74, 6) is 1.45. The Labute approximate surface area is 182 Å². The van der Waals surface area contributed by atoms with Crippen LogP contribution in [0.4, 0.5) is 20.5 Å². The van der Waals surface area contributed by atoms with Crippen molar-refractivity contribution < 1.29 is 13.5 Å². The number of hydrogen-bond donors (Lipinski definition) is 1. The van der Waals surface area contributed by atoms with Crippen molar-refractivity contribution in [2.24, 2.45) is 5.92 Å². The molecule has 3 atom stereocenters. The quantitative estimate of drug-likeness (QED) is 0.592. The first kappa shape index (κ1) is 19.9. The summed E-state index contributed by atoms with van der Waals surface area (Å²) in [5, 5.41) is 7.64. The lowest BCUT2D eigenvalue weighted by Crippen LogP contribution is -2.49. The van der Waals surface area contributed by atoms with Crippen LogP contribution >= 0.6 is 11.6 Å². The van der Waals surface area contributed by atoms with Gasteiger partial charge in [-0.15, -0.1) is 5.10 Å². The highest BCUT2D eigenvalue weighted by Gasteiger charge is 2.53. The van der Waals surface area contributed by atoms with Crippen LogP contribution in [0.15, 0.2) is 30.6 Å². The molecule has 2 saturated heterocycles. The second-order valence-corrected chi connectivity index (χ2v) is 8.12. The number of fused-ring (bicyclic) bond motifs is 1. The number of nitrogens with zero attached hydrogens (tertiary/aromatic N) is 6. The van der Waals surface area contributed by atoms with Gasteiger partial charge in [-0.2, -0.15) is 4.98 Å². The topological polar surface area (TPSA) is 81.0 Å². The highest BCUT2D eigenvalue weighted by molar-refractivity contribution is 6.30. The Morgan fingerprint density at radius 1 is 1.29 bits per heavy atom. The average Bonchev–Trinajstić information content (AvgIpc) is 3.43. The molecule has 0 amide bonds. The highest BCUT2D eigenvalue weighted by Crippen LogP contribution is 2.44. The molecule has 3 aliphatic rings. The van der Waals surface area contributed by atoms with Crippen LogP contribution in [0.3, 0.4) is 0 Å². The first-order valence-corrected chi connectivity index (χ1v) is 10.3. The lowest BCUT2D eigenvalue weighted by atomic mass is 9.80. The maximum Gasteiger partial charge on any atom is 0.322 e. The van der Waals surface area contributed by atoms with Crippen molar-refractivity contribution in [1.29, 1.82) is 0 Å². The van der Waals surface area contributed by atoms with Crippen molar-refractivity contribution in [2.45, 2.75) is 32.0 Å². The zero-order chi connectivity index (χ0) is 21.5. The third-order valence-corrected chi connectivity index (χ3v) is 6.00. The van der Waals surface area contributed by atoms with Crippen LogP contribution in [0.25, 0.3) is 0 Å². The van der Waals surface area contributed by atoms with E-state index in [0.29, 0.717) is 17.6 Å². The molecule has 1 N–H and O–H groups in total. The van der Waals surface area contributed by atoms with Crippen molar-refractivity contribution in [3.8, 4) is 11.8 Å². The number of rotatable bonds is 7. The standard InChI is InChI=1S/C20H20ClF2N7O/c1-11-6-17(25-10-24-11)29-9-12-7-16(29)18(12)26-19-27-20(30(28-19)5-4-22)31-13-2-3-15(23)14(21)8-13/h2-3,6,8,10,12,16,18H,4-5,7,9H2,1H3,(H,26,28). The number of anilines is 2. The van der Waals surface area contributed by atoms with E-state index in [4.69, 9.17) is 16.3 Å². The summed E-state index contributed by atoms with van der Waals surface area (Å²) in [7, 11) is 0. The smallest absolute Gasteiger partial charge is 0.322 e. The number of halogens is 3. The predicted octanol–water partition coefficient (Wildman–Crippen LogP) is 3.62. The molecule has 6 rings (SSSR count). The molecule has 2 aliphatic heterocycles. The SMILES string of the molecule is Cc1cc(N2CC3CC2C3Nc2nc(Oc3ccc(F)c(Cl)c3)n(CCF)n2)ncn1. The van der Waals surface area contributed by atoms with Crippen LogP contribution in [-0.4, -0.2) is 50.0 Å². The van der Waals surface area contributed by atoms with E-state index in [1.165, 1.54) is 22.9 Å². The number of aromatic nitrogens is 5. The van der Waals surface area contributed by atoms with E-state index in [9.17, 15) is 8.78 Å². The van der Waals surface area contributed by atoms with Gasteiger partial charge < -0.3 is 15.0 Å². The van der Waals surface area contributed by atoms with Gasteiger partial charge in [0.05, 0.1) is 23.7 Å². The normalized spacial score (nSPS) is 21.8. The maximum atomic E-state index is 13.4. The van der Waals surface area contributed by atoms with Gasteiger partial charge >= 0.3 is 6.01 Å². The summed E-state index contributed by atoms with van der Waals surface area (Å²) in [6.07, 6.45) is 2.64. The summed E-state index contributed by atoms with van der Waals surface area (Å²) in [6.45, 7) is 2.20. The number of ether oxygens (including phenoxy) is 1. The zero-order valence-corrected chi connectivity index (χ0v) is 17.4. The Bertz CT molecular complexity index is 1110. The van der Waals surface area contributed by atoms with Gasteiger partial charge in [0.15, 0.2) is 0 Å². The van der Waals surface area contributed by atoms with E-state index >= 15 is 0 Å². The van der Waals surface area contributed by atoms with E-state index in [0.717, 1.165) is 24.5 Å². The molecule has 31 heavy (non-hydrogen) atoms. The van der Waals surface area contributed by atoms with Gasteiger partial charge in [-0.3, -0.25) is 0 Å². The van der Waals surface area contributed by atoms with E-state index in [2.05, 4.69) is 30.3 Å². The Morgan fingerprint density at radius 2 is 2.16 bits per heavy atom. The Hall–Kier alpha value is -3.01. The summed E-state index contributed by atoms with van der Waals surface area (Å²) in [4.78, 5) is 15.2. The molecule has 4 heterocycles. The van der Waals surface area contributed by atoms with E-state index < -0.39 is 12.5 Å². The van der Waals surface area contributed by atoms with Gasteiger partial charge in [0, 0.05) is 30.3 Å². The van der Waals surface area contributed by atoms with Gasteiger partial charge in [0.25, 0.3) is 0 Å². The van der Waals surface area contributed by atoms with Crippen molar-refractivity contribution in [3.05, 3.63) is 47.1 Å². The van der Waals surface area contributed by atoms with Gasteiger partial charge in [0.1, 0.15) is 30.4 Å². The molecule has 8 nitrogen and oxygen atoms in total. The fourth-order valence-corrected chi connectivity index (χ4v) is 4.35. The van der Waals surface area contributed by atoms with E-state index in [1.807, 2.05) is 13.0 Å². The molecule has 162 valence electrons. The van der Waals surface area contributed by atoms with Crippen molar-refractivity contribution in [3.63, 3.8) is 0 Å². The number of aryl methyl sites for hydroxylation is 2. The average molecular weight is 448 g/mol. The van der Waals surface area contributed by atoms with Crippen LogP contribution in [0.1, 0.15) is 12.1 Å². The Balaban J connectivity index is 1.32. The Morgan fingerprint density at radius 3 is 2.94 bits per heavy atom. The number of alkyl halides is 1. The largest absolute Gasteiger partial charge is 0.424 e. The molecule has 3 fully saturated rings. The van der Waals surface area contributed by atoms with Gasteiger partial charge in [-0.05, 0) is 25.5 Å². The minimum absolute atomic E-state index is 0.0111. The molecule has 2 aromatic heterocycles. The molecule has 1 saturated carbocycles. The second-order valence-electron chi connectivity index (χ2n) is 7.71. The molecule has 1 aliphatic carbocycles. The molecule has 3 aromatic rings. The molecule has 0 radical (unpaired) electrons. The lowest BCUT2D eigenvalue weighted by Gasteiger charge is -2.36. The molecular weight excluding hydrogens is 428 g/mol. The van der Waals surface area contributed by atoms with E-state index in [1.54, 1.807) is 6.33 Å². The lowest BCUT2D eigenvalue weighted by molar-refractivity contribution is 0.332. The summed E-state index contributed by atoms with van der Waals surface area (Å²) in [5.41, 5.74) is 0.924. The molecule has 1 aromatic carbocycles. The minimum Gasteiger partial charge on any atom is -0.424 e. The maximum absolute atomic E-state index is 13.4. The van der Waals surface area contributed by atoms with Gasteiger partial charge in [-0.1, -0.05) is 11.6 Å². The van der Waals surface area contributed by atoms with Crippen LogP contribution in [0.5, 0.6) is 11.8 Å². The van der Waals surface area contributed by atoms with Crippen LogP contribution < -0.4 is 15.0 Å². The zero-order valence-electron chi connectivity index (χ0n) is 16.7. The molecule has 3 unspecified atom stereocenters. The third kappa shape index (κ3) is 3.76. The first-order valence-electron chi connectivity index (χ1n) is 9.97. The minimum atomic E-state index is -0.626. The predicted molar refractivity (Wildman–Crippen MR) is 111 cm³/mol. The molecular formula is C20H20ClF2N7O. The third-order valence-electron chi connectivity index (χ3n) is 5.71. The summed E-state index contributed by atoms with van der Waals surface area (Å²) >= 11 is 5.81. The van der Waals surface area contributed by atoms with Gasteiger partial charge in [0.2, 0.25) is 5.95 Å². The highest BCUT2D eigenvalue weighted by atomic mass is 35.5. The summed E-state index contributed by atoms with van der Waals surface area (Å²) < 4.78 is 33.4. The Kier molecular flexibility index (Phi) is 5.09. The fraction of sp³-hybridized carbons (Fsp3) is 0.400. The number of nitrogens with one attached hydrogen (secondary N) is 1. The fourth-order valence-electron chi connectivity index (χ4n) is 4.18. The van der Waals surface area contributed by atoms with Crippen LogP contribution in [-0.2, 0) is 6.54 Å². The van der Waals surface area contributed by atoms with Crippen molar-refractivity contribution in [2.75, 3.05) is 23.4 Å². The monoisotopic (exact) mass is 447 g/mol. The first-order chi connectivity index (χ1) is 15.0. The summed E-state index contributed by atoms with van der Waals surface area (Å²) in [6, 6.07) is 6.48. The molecule has 2 bridgehead atoms. The van der Waals surface area contributed by atoms with Gasteiger partial charge in [-0.25, -0.2) is 23.4 Å². The number of hydrogen-bond acceptors (Lipinski definition) is 7. The number of benzene rings is 1. The van der Waals surface area contributed by atoms with Crippen LogP contribution in [0.2, 0.25) is 5.02 Å². The molecule has 11 heteroatoms. The van der Waals surface area contributed by atoms with Crippen LogP contribution in [0, 0.1) is 18.7 Å². The van der Waals surface area contributed by atoms with Crippen molar-refractivity contribution in [1.82, 2.24) is 24.7 Å². The van der Waals surface area contributed by atoms with Crippen molar-refractivity contribution >= 4 is 23.4 Å². The second kappa shape index (κ2) is 7.92.